The fourth-order valence-corrected chi connectivity index (χ4v) is 3.78. The SMILES string of the molecule is CCNC(=NCC(Cc1ccccc1)N(C)C)NC1CC2CCC1O2. The van der Waals surface area contributed by atoms with Crippen LogP contribution in [-0.4, -0.2) is 62.3 Å². The number of benzene rings is 1. The molecule has 0 radical (unpaired) electrons. The van der Waals surface area contributed by atoms with Crippen molar-refractivity contribution in [3.8, 4) is 0 Å². The molecule has 4 unspecified atom stereocenters. The molecule has 1 aromatic rings. The summed E-state index contributed by atoms with van der Waals surface area (Å²) in [5, 5.41) is 6.99. The number of aliphatic imine (C=N–C) groups is 1. The first-order valence-corrected chi connectivity index (χ1v) is 9.56. The zero-order valence-electron chi connectivity index (χ0n) is 15.7. The van der Waals surface area contributed by atoms with Crippen LogP contribution in [0.5, 0.6) is 0 Å². The van der Waals surface area contributed by atoms with Gasteiger partial charge in [0, 0.05) is 12.6 Å². The molecule has 5 nitrogen and oxygen atoms in total. The first kappa shape index (κ1) is 18.2. The maximum absolute atomic E-state index is 5.95. The van der Waals surface area contributed by atoms with E-state index in [4.69, 9.17) is 9.73 Å². The minimum absolute atomic E-state index is 0.364. The van der Waals surface area contributed by atoms with Gasteiger partial charge in [-0.05, 0) is 52.3 Å². The lowest BCUT2D eigenvalue weighted by Gasteiger charge is -2.25. The number of likely N-dealkylation sites (N-methyl/N-ethyl adjacent to an activating group) is 1. The van der Waals surface area contributed by atoms with Crippen LogP contribution in [0.1, 0.15) is 31.7 Å². The van der Waals surface area contributed by atoms with E-state index in [2.05, 4.69) is 66.9 Å². The van der Waals surface area contributed by atoms with Crippen molar-refractivity contribution >= 4 is 5.96 Å². The van der Waals surface area contributed by atoms with Gasteiger partial charge in [0.2, 0.25) is 0 Å². The quantitative estimate of drug-likeness (QED) is 0.587. The van der Waals surface area contributed by atoms with Gasteiger partial charge in [0.1, 0.15) is 0 Å². The highest BCUT2D eigenvalue weighted by Gasteiger charge is 2.41. The molecule has 2 N–H and O–H groups in total. The summed E-state index contributed by atoms with van der Waals surface area (Å²) >= 11 is 0. The van der Waals surface area contributed by atoms with E-state index in [-0.39, 0.29) is 0 Å². The average molecular weight is 345 g/mol. The molecule has 1 aromatic carbocycles. The number of hydrogen-bond donors (Lipinski definition) is 2. The summed E-state index contributed by atoms with van der Waals surface area (Å²) in [6, 6.07) is 11.4. The summed E-state index contributed by atoms with van der Waals surface area (Å²) in [4.78, 5) is 7.14. The van der Waals surface area contributed by atoms with Gasteiger partial charge in [-0.2, -0.15) is 0 Å². The molecule has 4 atom stereocenters. The lowest BCUT2D eigenvalue weighted by Crippen LogP contribution is -2.48. The highest BCUT2D eigenvalue weighted by atomic mass is 16.5. The third-order valence-electron chi connectivity index (χ3n) is 5.28. The van der Waals surface area contributed by atoms with E-state index in [9.17, 15) is 0 Å². The second-order valence-electron chi connectivity index (χ2n) is 7.39. The van der Waals surface area contributed by atoms with Gasteiger partial charge in [0.05, 0.1) is 24.8 Å². The number of hydrogen-bond acceptors (Lipinski definition) is 3. The van der Waals surface area contributed by atoms with Crippen LogP contribution in [0.2, 0.25) is 0 Å². The van der Waals surface area contributed by atoms with Gasteiger partial charge < -0.3 is 20.3 Å². The Kier molecular flexibility index (Phi) is 6.32. The number of fused-ring (bicyclic) bond motifs is 2. The molecule has 138 valence electrons. The van der Waals surface area contributed by atoms with Crippen LogP contribution in [0, 0.1) is 0 Å². The fourth-order valence-electron chi connectivity index (χ4n) is 3.78. The first-order chi connectivity index (χ1) is 12.2. The van der Waals surface area contributed by atoms with Crippen LogP contribution in [0.3, 0.4) is 0 Å². The summed E-state index contributed by atoms with van der Waals surface area (Å²) in [6.07, 6.45) is 5.33. The van der Waals surface area contributed by atoms with E-state index in [1.165, 1.54) is 18.4 Å². The smallest absolute Gasteiger partial charge is 0.191 e. The Morgan fingerprint density at radius 3 is 2.68 bits per heavy atom. The fraction of sp³-hybridized carbons (Fsp3) is 0.650. The second-order valence-corrected chi connectivity index (χ2v) is 7.39. The number of nitrogens with one attached hydrogen (secondary N) is 2. The highest BCUT2D eigenvalue weighted by molar-refractivity contribution is 5.80. The largest absolute Gasteiger partial charge is 0.373 e. The third kappa shape index (κ3) is 4.95. The number of ether oxygens (including phenoxy) is 1. The van der Waals surface area contributed by atoms with Crippen LogP contribution < -0.4 is 10.6 Å². The molecule has 3 rings (SSSR count). The molecule has 2 heterocycles. The van der Waals surface area contributed by atoms with Crippen LogP contribution in [0.4, 0.5) is 0 Å². The lowest BCUT2D eigenvalue weighted by molar-refractivity contribution is 0.0992. The minimum Gasteiger partial charge on any atom is -0.373 e. The highest BCUT2D eigenvalue weighted by Crippen LogP contribution is 2.34. The Morgan fingerprint density at radius 2 is 2.08 bits per heavy atom. The topological polar surface area (TPSA) is 48.9 Å². The van der Waals surface area contributed by atoms with Gasteiger partial charge in [-0.15, -0.1) is 0 Å². The molecule has 5 heteroatoms. The van der Waals surface area contributed by atoms with E-state index < -0.39 is 0 Å². The van der Waals surface area contributed by atoms with Crippen molar-refractivity contribution in [2.45, 2.75) is 56.9 Å². The molecule has 0 spiro atoms. The van der Waals surface area contributed by atoms with E-state index >= 15 is 0 Å². The van der Waals surface area contributed by atoms with Crippen molar-refractivity contribution in [2.24, 2.45) is 4.99 Å². The molecule has 0 saturated carbocycles. The van der Waals surface area contributed by atoms with Gasteiger partial charge >= 0.3 is 0 Å². The van der Waals surface area contributed by atoms with Crippen molar-refractivity contribution in [2.75, 3.05) is 27.2 Å². The zero-order valence-corrected chi connectivity index (χ0v) is 15.7. The van der Waals surface area contributed by atoms with E-state index in [1.807, 2.05) is 0 Å². The Hall–Kier alpha value is -1.59. The first-order valence-electron chi connectivity index (χ1n) is 9.56. The van der Waals surface area contributed by atoms with Crippen LogP contribution in [-0.2, 0) is 11.2 Å². The molecular formula is C20H32N4O. The Labute approximate surface area is 151 Å². The van der Waals surface area contributed by atoms with E-state index in [0.717, 1.165) is 31.9 Å². The summed E-state index contributed by atoms with van der Waals surface area (Å²) in [7, 11) is 4.26. The minimum atomic E-state index is 0.364. The molecule has 2 aliphatic heterocycles. The Morgan fingerprint density at radius 1 is 1.28 bits per heavy atom. The van der Waals surface area contributed by atoms with Gasteiger partial charge in [-0.1, -0.05) is 30.3 Å². The van der Waals surface area contributed by atoms with Crippen LogP contribution in [0.15, 0.2) is 35.3 Å². The predicted molar refractivity (Wildman–Crippen MR) is 103 cm³/mol. The summed E-state index contributed by atoms with van der Waals surface area (Å²) < 4.78 is 5.95. The normalized spacial score (nSPS) is 26.9. The molecule has 2 bridgehead atoms. The van der Waals surface area contributed by atoms with Gasteiger partial charge in [-0.25, -0.2) is 0 Å². The molecule has 0 amide bonds. The monoisotopic (exact) mass is 344 g/mol. The van der Waals surface area contributed by atoms with Crippen molar-refractivity contribution in [1.29, 1.82) is 0 Å². The molecule has 25 heavy (non-hydrogen) atoms. The molecule has 0 aromatic heterocycles. The Bertz CT molecular complexity index is 560. The summed E-state index contributed by atoms with van der Waals surface area (Å²) in [6.45, 7) is 3.76. The van der Waals surface area contributed by atoms with Gasteiger partial charge in [0.25, 0.3) is 0 Å². The van der Waals surface area contributed by atoms with E-state index in [1.54, 1.807) is 0 Å². The molecule has 2 saturated heterocycles. The second kappa shape index (κ2) is 8.68. The van der Waals surface area contributed by atoms with Crippen molar-refractivity contribution in [3.05, 3.63) is 35.9 Å². The number of rotatable bonds is 7. The molecular weight excluding hydrogens is 312 g/mol. The maximum Gasteiger partial charge on any atom is 0.191 e. The van der Waals surface area contributed by atoms with Gasteiger partial charge in [-0.3, -0.25) is 4.99 Å². The zero-order chi connectivity index (χ0) is 17.6. The van der Waals surface area contributed by atoms with Gasteiger partial charge in [0.15, 0.2) is 5.96 Å². The Balaban J connectivity index is 1.60. The van der Waals surface area contributed by atoms with Crippen molar-refractivity contribution in [1.82, 2.24) is 15.5 Å². The van der Waals surface area contributed by atoms with Crippen LogP contribution >= 0.6 is 0 Å². The van der Waals surface area contributed by atoms with Crippen LogP contribution in [0.25, 0.3) is 0 Å². The number of guanidine groups is 1. The summed E-state index contributed by atoms with van der Waals surface area (Å²) in [5.74, 6) is 0.920. The molecule has 0 aliphatic carbocycles. The van der Waals surface area contributed by atoms with Crippen molar-refractivity contribution in [3.63, 3.8) is 0 Å². The summed E-state index contributed by atoms with van der Waals surface area (Å²) in [5.41, 5.74) is 1.36. The molecule has 2 fully saturated rings. The molecule has 2 aliphatic rings. The van der Waals surface area contributed by atoms with Crippen molar-refractivity contribution < 1.29 is 4.74 Å². The third-order valence-corrected chi connectivity index (χ3v) is 5.28. The average Bonchev–Trinajstić information content (AvgIpc) is 3.22. The van der Waals surface area contributed by atoms with E-state index in [0.29, 0.717) is 24.3 Å². The maximum atomic E-state index is 5.95. The number of nitrogens with zero attached hydrogens (tertiary/aromatic N) is 2. The lowest BCUT2D eigenvalue weighted by atomic mass is 9.96. The standard InChI is InChI=1S/C20H32N4O/c1-4-21-20(23-18-13-17-10-11-19(18)25-17)22-14-16(24(2)3)12-15-8-6-5-7-9-15/h5-9,16-19H,4,10-14H2,1-3H3,(H2,21,22,23). The predicted octanol–water partition coefficient (Wildman–Crippen LogP) is 2.03.